The number of ether oxygens (including phenoxy) is 2. The van der Waals surface area contributed by atoms with E-state index >= 15 is 0 Å². The van der Waals surface area contributed by atoms with Crippen LogP contribution in [0.3, 0.4) is 0 Å². The normalized spacial score (nSPS) is 23.3. The average Bonchev–Trinajstić information content (AvgIpc) is 3.48. The van der Waals surface area contributed by atoms with E-state index in [1.54, 1.807) is 25.3 Å². The number of carbonyl (C=O) groups is 2. The lowest BCUT2D eigenvalue weighted by Gasteiger charge is -2.22. The van der Waals surface area contributed by atoms with Gasteiger partial charge in [0.25, 0.3) is 0 Å². The molecule has 148 valence electrons. The third-order valence-corrected chi connectivity index (χ3v) is 5.94. The van der Waals surface area contributed by atoms with Gasteiger partial charge < -0.3 is 19.9 Å². The summed E-state index contributed by atoms with van der Waals surface area (Å²) in [4.78, 5) is 24.1. The van der Waals surface area contributed by atoms with Gasteiger partial charge in [-0.1, -0.05) is 38.2 Å². The summed E-state index contributed by atoms with van der Waals surface area (Å²) < 4.78 is 10.5. The molecule has 0 spiro atoms. The number of methoxy groups -OCH3 is 2. The van der Waals surface area contributed by atoms with Crippen molar-refractivity contribution in [2.24, 2.45) is 17.8 Å². The highest BCUT2D eigenvalue weighted by Crippen LogP contribution is 2.49. The summed E-state index contributed by atoms with van der Waals surface area (Å²) in [5, 5.41) is 12.3. The van der Waals surface area contributed by atoms with E-state index in [-0.39, 0.29) is 18.2 Å². The standard InChI is InChI=1S/C21H29NO5/c1-26-18-9-8-14(10-19(18)27-2)17(12-20(23)24)22-21(25)16-11-15(16)13-6-4-3-5-7-13/h8-10,13,15-17H,3-7,11-12H2,1-2H3,(H,22,25)(H,23,24). The number of benzene rings is 1. The van der Waals surface area contributed by atoms with E-state index in [1.165, 1.54) is 39.2 Å². The van der Waals surface area contributed by atoms with Gasteiger partial charge in [0.15, 0.2) is 11.5 Å². The Bertz CT molecular complexity index is 683. The maximum absolute atomic E-state index is 12.7. The minimum absolute atomic E-state index is 0.0217. The fourth-order valence-electron chi connectivity index (χ4n) is 4.37. The molecule has 2 N–H and O–H groups in total. The Morgan fingerprint density at radius 3 is 2.48 bits per heavy atom. The quantitative estimate of drug-likeness (QED) is 0.726. The van der Waals surface area contributed by atoms with Gasteiger partial charge in [0, 0.05) is 5.92 Å². The highest BCUT2D eigenvalue weighted by molar-refractivity contribution is 5.82. The van der Waals surface area contributed by atoms with E-state index in [2.05, 4.69) is 5.32 Å². The van der Waals surface area contributed by atoms with Crippen LogP contribution in [0.4, 0.5) is 0 Å². The number of carbonyl (C=O) groups excluding carboxylic acids is 1. The summed E-state index contributed by atoms with van der Waals surface area (Å²) in [5.41, 5.74) is 0.707. The molecule has 0 aliphatic heterocycles. The number of carboxylic acid groups (broad SMARTS) is 1. The number of aliphatic carboxylic acids is 1. The van der Waals surface area contributed by atoms with Crippen molar-refractivity contribution >= 4 is 11.9 Å². The lowest BCUT2D eigenvalue weighted by molar-refractivity contribution is -0.137. The van der Waals surface area contributed by atoms with Crippen LogP contribution in [-0.4, -0.2) is 31.2 Å². The van der Waals surface area contributed by atoms with Crippen molar-refractivity contribution in [3.63, 3.8) is 0 Å². The van der Waals surface area contributed by atoms with Gasteiger partial charge in [-0.05, 0) is 36.0 Å². The Kier molecular flexibility index (Phi) is 6.24. The number of hydrogen-bond donors (Lipinski definition) is 2. The van der Waals surface area contributed by atoms with Crippen LogP contribution in [-0.2, 0) is 9.59 Å². The molecular weight excluding hydrogens is 346 g/mol. The summed E-state index contributed by atoms with van der Waals surface area (Å²) in [7, 11) is 3.08. The van der Waals surface area contributed by atoms with Crippen molar-refractivity contribution in [1.82, 2.24) is 5.32 Å². The van der Waals surface area contributed by atoms with Crippen LogP contribution in [0.2, 0.25) is 0 Å². The maximum Gasteiger partial charge on any atom is 0.305 e. The second-order valence-electron chi connectivity index (χ2n) is 7.68. The first-order valence-electron chi connectivity index (χ1n) is 9.77. The maximum atomic E-state index is 12.7. The van der Waals surface area contributed by atoms with Gasteiger partial charge in [0.2, 0.25) is 5.91 Å². The molecule has 6 nitrogen and oxygen atoms in total. The first kappa shape index (κ1) is 19.5. The van der Waals surface area contributed by atoms with Gasteiger partial charge >= 0.3 is 5.97 Å². The molecule has 2 aliphatic carbocycles. The molecule has 27 heavy (non-hydrogen) atoms. The molecule has 2 fully saturated rings. The molecule has 0 saturated heterocycles. The molecule has 2 saturated carbocycles. The highest BCUT2D eigenvalue weighted by Gasteiger charge is 2.47. The van der Waals surface area contributed by atoms with Crippen LogP contribution < -0.4 is 14.8 Å². The molecular formula is C21H29NO5. The van der Waals surface area contributed by atoms with E-state index in [9.17, 15) is 14.7 Å². The van der Waals surface area contributed by atoms with E-state index in [0.717, 1.165) is 6.42 Å². The van der Waals surface area contributed by atoms with Crippen LogP contribution in [0, 0.1) is 17.8 Å². The summed E-state index contributed by atoms with van der Waals surface area (Å²) in [6.45, 7) is 0. The van der Waals surface area contributed by atoms with Crippen molar-refractivity contribution in [1.29, 1.82) is 0 Å². The van der Waals surface area contributed by atoms with Crippen LogP contribution in [0.25, 0.3) is 0 Å². The second kappa shape index (κ2) is 8.63. The fraction of sp³-hybridized carbons (Fsp3) is 0.619. The van der Waals surface area contributed by atoms with Gasteiger partial charge in [-0.15, -0.1) is 0 Å². The minimum Gasteiger partial charge on any atom is -0.493 e. The average molecular weight is 375 g/mol. The topological polar surface area (TPSA) is 84.9 Å². The Morgan fingerprint density at radius 1 is 1.15 bits per heavy atom. The molecule has 0 aromatic heterocycles. The predicted octanol–water partition coefficient (Wildman–Crippen LogP) is 3.55. The van der Waals surface area contributed by atoms with Gasteiger partial charge in [0.1, 0.15) is 0 Å². The number of amides is 1. The molecule has 0 radical (unpaired) electrons. The Morgan fingerprint density at radius 2 is 1.85 bits per heavy atom. The molecule has 3 atom stereocenters. The highest BCUT2D eigenvalue weighted by atomic mass is 16.5. The molecule has 6 heteroatoms. The number of carboxylic acids is 1. The first-order valence-corrected chi connectivity index (χ1v) is 9.77. The number of nitrogens with one attached hydrogen (secondary N) is 1. The van der Waals surface area contributed by atoms with Crippen molar-refractivity contribution in [3.8, 4) is 11.5 Å². The summed E-state index contributed by atoms with van der Waals surface area (Å²) in [6.07, 6.45) is 7.06. The molecule has 2 aliphatic rings. The van der Waals surface area contributed by atoms with Crippen LogP contribution in [0.5, 0.6) is 11.5 Å². The molecule has 1 aromatic carbocycles. The smallest absolute Gasteiger partial charge is 0.305 e. The van der Waals surface area contributed by atoms with Crippen molar-refractivity contribution in [2.75, 3.05) is 14.2 Å². The molecule has 0 bridgehead atoms. The largest absolute Gasteiger partial charge is 0.493 e. The van der Waals surface area contributed by atoms with Gasteiger partial charge in [-0.3, -0.25) is 9.59 Å². The van der Waals surface area contributed by atoms with Gasteiger partial charge in [-0.25, -0.2) is 0 Å². The zero-order chi connectivity index (χ0) is 19.4. The number of rotatable bonds is 8. The molecule has 3 unspecified atom stereocenters. The molecule has 1 amide bonds. The van der Waals surface area contributed by atoms with Crippen molar-refractivity contribution in [3.05, 3.63) is 23.8 Å². The van der Waals surface area contributed by atoms with Gasteiger partial charge in [0.05, 0.1) is 26.7 Å². The molecule has 3 rings (SSSR count). The van der Waals surface area contributed by atoms with Gasteiger partial charge in [-0.2, -0.15) is 0 Å². The van der Waals surface area contributed by atoms with Crippen LogP contribution in [0.1, 0.15) is 56.6 Å². The second-order valence-corrected chi connectivity index (χ2v) is 7.68. The van der Waals surface area contributed by atoms with Crippen LogP contribution in [0.15, 0.2) is 18.2 Å². The predicted molar refractivity (Wildman–Crippen MR) is 101 cm³/mol. The van der Waals surface area contributed by atoms with Crippen LogP contribution >= 0.6 is 0 Å². The molecule has 1 aromatic rings. The lowest BCUT2D eigenvalue weighted by Crippen LogP contribution is -2.32. The number of hydrogen-bond acceptors (Lipinski definition) is 4. The monoisotopic (exact) mass is 375 g/mol. The Balaban J connectivity index is 1.68. The third kappa shape index (κ3) is 4.73. The Hall–Kier alpha value is -2.24. The zero-order valence-electron chi connectivity index (χ0n) is 16.1. The SMILES string of the molecule is COc1ccc(C(CC(=O)O)NC(=O)C2CC2C2CCCCC2)cc1OC. The lowest BCUT2D eigenvalue weighted by atomic mass is 9.85. The first-order chi connectivity index (χ1) is 13.0. The van der Waals surface area contributed by atoms with E-state index in [4.69, 9.17) is 9.47 Å². The van der Waals surface area contributed by atoms with E-state index in [1.807, 2.05) is 0 Å². The van der Waals surface area contributed by atoms with E-state index < -0.39 is 12.0 Å². The third-order valence-electron chi connectivity index (χ3n) is 5.94. The summed E-state index contributed by atoms with van der Waals surface area (Å²) in [6, 6.07) is 4.67. The summed E-state index contributed by atoms with van der Waals surface area (Å²) >= 11 is 0. The molecule has 0 heterocycles. The van der Waals surface area contributed by atoms with Crippen molar-refractivity contribution < 1.29 is 24.2 Å². The van der Waals surface area contributed by atoms with Crippen molar-refractivity contribution in [2.45, 2.75) is 51.0 Å². The minimum atomic E-state index is -0.949. The fourth-order valence-corrected chi connectivity index (χ4v) is 4.37. The van der Waals surface area contributed by atoms with E-state index in [0.29, 0.717) is 28.9 Å². The zero-order valence-corrected chi connectivity index (χ0v) is 16.1. The summed E-state index contributed by atoms with van der Waals surface area (Å²) in [5.74, 6) is 1.29. The Labute approximate surface area is 160 Å².